The van der Waals surface area contributed by atoms with Crippen LogP contribution in [0.2, 0.25) is 0 Å². The molecule has 1 amide bonds. The SMILES string of the molecule is Cl.Cl.O=C(NCC1CCCNC1)c1csc(-c2cc(Br)cs2)n1. The molecule has 1 atom stereocenters. The quantitative estimate of drug-likeness (QED) is 0.721. The third kappa shape index (κ3) is 5.69. The number of amides is 1. The van der Waals surface area contributed by atoms with E-state index in [1.807, 2.05) is 16.8 Å². The molecule has 1 saturated heterocycles. The zero-order chi connectivity index (χ0) is 14.7. The van der Waals surface area contributed by atoms with Crippen LogP contribution in [0.5, 0.6) is 0 Å². The second kappa shape index (κ2) is 9.96. The fourth-order valence-corrected chi connectivity index (χ4v) is 4.65. The largest absolute Gasteiger partial charge is 0.350 e. The zero-order valence-electron chi connectivity index (χ0n) is 12.2. The van der Waals surface area contributed by atoms with Gasteiger partial charge < -0.3 is 10.6 Å². The van der Waals surface area contributed by atoms with Crippen LogP contribution < -0.4 is 10.6 Å². The molecule has 0 aromatic carbocycles. The van der Waals surface area contributed by atoms with Crippen LogP contribution >= 0.6 is 63.4 Å². The molecule has 128 valence electrons. The average molecular weight is 459 g/mol. The highest BCUT2D eigenvalue weighted by atomic mass is 79.9. The van der Waals surface area contributed by atoms with Crippen LogP contribution in [-0.2, 0) is 0 Å². The van der Waals surface area contributed by atoms with Crippen LogP contribution in [0.25, 0.3) is 9.88 Å². The maximum absolute atomic E-state index is 12.1. The number of hydrogen-bond acceptors (Lipinski definition) is 5. The molecule has 1 aliphatic rings. The molecule has 0 spiro atoms. The van der Waals surface area contributed by atoms with Crippen molar-refractivity contribution in [1.82, 2.24) is 15.6 Å². The lowest BCUT2D eigenvalue weighted by Gasteiger charge is -2.22. The van der Waals surface area contributed by atoms with Crippen LogP contribution in [0.3, 0.4) is 0 Å². The van der Waals surface area contributed by atoms with Crippen LogP contribution in [0.4, 0.5) is 0 Å². The molecule has 2 aromatic rings. The molecule has 9 heteroatoms. The van der Waals surface area contributed by atoms with E-state index in [-0.39, 0.29) is 30.7 Å². The molecule has 1 fully saturated rings. The highest BCUT2D eigenvalue weighted by Crippen LogP contribution is 2.31. The van der Waals surface area contributed by atoms with Gasteiger partial charge in [-0.05, 0) is 53.8 Å². The Balaban J connectivity index is 0.00000132. The topological polar surface area (TPSA) is 54.0 Å². The van der Waals surface area contributed by atoms with Crippen LogP contribution in [0.15, 0.2) is 21.3 Å². The first-order valence-electron chi connectivity index (χ1n) is 6.91. The molecule has 1 unspecified atom stereocenters. The summed E-state index contributed by atoms with van der Waals surface area (Å²) in [6, 6.07) is 2.03. The summed E-state index contributed by atoms with van der Waals surface area (Å²) in [5.41, 5.74) is 0.517. The number of nitrogens with one attached hydrogen (secondary N) is 2. The summed E-state index contributed by atoms with van der Waals surface area (Å²) < 4.78 is 1.05. The van der Waals surface area contributed by atoms with Crippen molar-refractivity contribution in [3.8, 4) is 9.88 Å². The second-order valence-corrected chi connectivity index (χ2v) is 7.77. The van der Waals surface area contributed by atoms with Crippen LogP contribution in [0, 0.1) is 5.92 Å². The predicted octanol–water partition coefficient (Wildman–Crippen LogP) is 4.21. The van der Waals surface area contributed by atoms with E-state index in [0.29, 0.717) is 11.6 Å². The molecular formula is C14H18BrCl2N3OS2. The number of aromatic nitrogens is 1. The highest BCUT2D eigenvalue weighted by molar-refractivity contribution is 9.10. The van der Waals surface area contributed by atoms with E-state index >= 15 is 0 Å². The minimum Gasteiger partial charge on any atom is -0.350 e. The second-order valence-electron chi connectivity index (χ2n) is 5.09. The number of carbonyl (C=O) groups excluding carboxylic acids is 1. The molecule has 2 aromatic heterocycles. The van der Waals surface area contributed by atoms with Gasteiger partial charge in [0.2, 0.25) is 0 Å². The van der Waals surface area contributed by atoms with Crippen molar-refractivity contribution in [2.75, 3.05) is 19.6 Å². The van der Waals surface area contributed by atoms with Crippen molar-refractivity contribution in [2.24, 2.45) is 5.92 Å². The summed E-state index contributed by atoms with van der Waals surface area (Å²) in [5.74, 6) is 0.466. The van der Waals surface area contributed by atoms with Gasteiger partial charge in [0.15, 0.2) is 0 Å². The first-order chi connectivity index (χ1) is 10.2. The fraction of sp³-hybridized carbons (Fsp3) is 0.429. The van der Waals surface area contributed by atoms with Gasteiger partial charge >= 0.3 is 0 Å². The first kappa shape index (κ1) is 20.9. The van der Waals surface area contributed by atoms with Crippen LogP contribution in [-0.4, -0.2) is 30.5 Å². The molecule has 1 aliphatic heterocycles. The number of nitrogens with zero attached hydrogens (tertiary/aromatic N) is 1. The summed E-state index contributed by atoms with van der Waals surface area (Å²) in [4.78, 5) is 17.7. The van der Waals surface area contributed by atoms with Crippen LogP contribution in [0.1, 0.15) is 23.3 Å². The molecule has 2 N–H and O–H groups in total. The number of piperidine rings is 1. The lowest BCUT2D eigenvalue weighted by atomic mass is 10.00. The summed E-state index contributed by atoms with van der Waals surface area (Å²) >= 11 is 6.57. The third-order valence-electron chi connectivity index (χ3n) is 3.47. The van der Waals surface area contributed by atoms with Gasteiger partial charge in [0.1, 0.15) is 10.7 Å². The Hall–Kier alpha value is -0.180. The van der Waals surface area contributed by atoms with E-state index < -0.39 is 0 Å². The zero-order valence-corrected chi connectivity index (χ0v) is 17.1. The lowest BCUT2D eigenvalue weighted by Crippen LogP contribution is -2.38. The van der Waals surface area contributed by atoms with Gasteiger partial charge in [0.05, 0.1) is 4.88 Å². The minimum absolute atomic E-state index is 0. The molecule has 0 aliphatic carbocycles. The van der Waals surface area contributed by atoms with Gasteiger partial charge in [-0.1, -0.05) is 0 Å². The van der Waals surface area contributed by atoms with Crippen molar-refractivity contribution in [2.45, 2.75) is 12.8 Å². The van der Waals surface area contributed by atoms with Gasteiger partial charge in [0, 0.05) is 21.8 Å². The normalized spacial score (nSPS) is 17.0. The molecule has 0 saturated carbocycles. The first-order valence-corrected chi connectivity index (χ1v) is 9.46. The van der Waals surface area contributed by atoms with Crippen molar-refractivity contribution < 1.29 is 4.79 Å². The van der Waals surface area contributed by atoms with Gasteiger partial charge in [-0.25, -0.2) is 4.98 Å². The number of thiophene rings is 1. The monoisotopic (exact) mass is 457 g/mol. The Bertz CT molecular complexity index is 629. The molecule has 3 rings (SSSR count). The Morgan fingerprint density at radius 3 is 2.87 bits per heavy atom. The summed E-state index contributed by atoms with van der Waals surface area (Å²) in [7, 11) is 0. The van der Waals surface area contributed by atoms with Crippen molar-refractivity contribution in [3.05, 3.63) is 27.0 Å². The van der Waals surface area contributed by atoms with Gasteiger partial charge in [0.25, 0.3) is 5.91 Å². The Morgan fingerprint density at radius 1 is 1.39 bits per heavy atom. The molecule has 23 heavy (non-hydrogen) atoms. The molecule has 0 bridgehead atoms. The Kier molecular flexibility index (Phi) is 9.03. The number of hydrogen-bond donors (Lipinski definition) is 2. The van der Waals surface area contributed by atoms with Gasteiger partial charge in [-0.2, -0.15) is 0 Å². The third-order valence-corrected chi connectivity index (χ3v) is 6.17. The Labute approximate surface area is 164 Å². The number of halogens is 3. The van der Waals surface area contributed by atoms with E-state index in [2.05, 4.69) is 31.5 Å². The Morgan fingerprint density at radius 2 is 2.22 bits per heavy atom. The van der Waals surface area contributed by atoms with E-state index in [1.54, 1.807) is 11.3 Å². The molecule has 4 nitrogen and oxygen atoms in total. The summed E-state index contributed by atoms with van der Waals surface area (Å²) in [6.45, 7) is 2.81. The van der Waals surface area contributed by atoms with Gasteiger partial charge in [-0.3, -0.25) is 4.79 Å². The maximum atomic E-state index is 12.1. The molecule has 3 heterocycles. The van der Waals surface area contributed by atoms with Crippen molar-refractivity contribution in [3.63, 3.8) is 0 Å². The smallest absolute Gasteiger partial charge is 0.270 e. The average Bonchev–Trinajstić information content (AvgIpc) is 3.14. The van der Waals surface area contributed by atoms with Crippen molar-refractivity contribution >= 4 is 69.3 Å². The van der Waals surface area contributed by atoms with E-state index in [9.17, 15) is 4.79 Å². The minimum atomic E-state index is -0.0707. The maximum Gasteiger partial charge on any atom is 0.270 e. The lowest BCUT2D eigenvalue weighted by molar-refractivity contribution is 0.0940. The molecule has 0 radical (unpaired) electrons. The van der Waals surface area contributed by atoms with E-state index in [1.165, 1.54) is 24.2 Å². The summed E-state index contributed by atoms with van der Waals surface area (Å²) in [6.07, 6.45) is 2.37. The molecular weight excluding hydrogens is 441 g/mol. The van der Waals surface area contributed by atoms with Gasteiger partial charge in [-0.15, -0.1) is 47.5 Å². The summed E-state index contributed by atoms with van der Waals surface area (Å²) in [5, 5.41) is 11.1. The van der Waals surface area contributed by atoms with Crippen molar-refractivity contribution in [1.29, 1.82) is 0 Å². The highest BCUT2D eigenvalue weighted by Gasteiger charge is 2.16. The predicted molar refractivity (Wildman–Crippen MR) is 106 cm³/mol. The number of carbonyl (C=O) groups is 1. The number of thiazole rings is 1. The number of rotatable bonds is 4. The fourth-order valence-electron chi connectivity index (χ4n) is 2.34. The van der Waals surface area contributed by atoms with E-state index in [0.717, 1.165) is 34.0 Å². The standard InChI is InChI=1S/C14H16BrN3OS2.2ClH/c15-10-4-12(20-7-10)14-18-11(8-21-14)13(19)17-6-9-2-1-3-16-5-9;;/h4,7-9,16H,1-3,5-6H2,(H,17,19);2*1H. The van der Waals surface area contributed by atoms with E-state index in [4.69, 9.17) is 0 Å².